The van der Waals surface area contributed by atoms with E-state index in [1.165, 1.54) is 0 Å². The quantitative estimate of drug-likeness (QED) is 0.428. The highest BCUT2D eigenvalue weighted by Crippen LogP contribution is 2.37. The predicted octanol–water partition coefficient (Wildman–Crippen LogP) is 4.18. The molecule has 164 valence electrons. The molecule has 3 amide bonds. The Morgan fingerprint density at radius 1 is 0.788 bits per heavy atom. The number of β-lactam (4-membered cyclic amide) rings is 1. The van der Waals surface area contributed by atoms with E-state index >= 15 is 0 Å². The minimum atomic E-state index is -0.899. The van der Waals surface area contributed by atoms with E-state index in [1.54, 1.807) is 41.3 Å². The molecule has 2 aliphatic heterocycles. The molecule has 0 aromatic heterocycles. The fraction of sp³-hybridized carbons (Fsp3) is 0.148. The van der Waals surface area contributed by atoms with Gasteiger partial charge < -0.3 is 9.64 Å². The van der Waals surface area contributed by atoms with Crippen LogP contribution < -0.4 is 9.64 Å². The monoisotopic (exact) mass is 438 g/mol. The normalized spacial score (nSPS) is 19.7. The largest absolute Gasteiger partial charge is 0.494 e. The van der Waals surface area contributed by atoms with Gasteiger partial charge in [-0.3, -0.25) is 19.3 Å². The molecule has 6 heteroatoms. The Morgan fingerprint density at radius 3 is 2.00 bits per heavy atom. The van der Waals surface area contributed by atoms with E-state index in [0.29, 0.717) is 29.2 Å². The van der Waals surface area contributed by atoms with Crippen molar-refractivity contribution >= 4 is 29.5 Å². The second-order valence-electron chi connectivity index (χ2n) is 7.87. The van der Waals surface area contributed by atoms with Crippen LogP contribution in [0.25, 0.3) is 6.08 Å². The lowest BCUT2D eigenvalue weighted by atomic mass is 9.91. The van der Waals surface area contributed by atoms with Gasteiger partial charge in [-0.2, -0.15) is 0 Å². The first kappa shape index (κ1) is 20.7. The average Bonchev–Trinajstić information content (AvgIpc) is 3.09. The number of benzene rings is 3. The van der Waals surface area contributed by atoms with E-state index in [0.717, 1.165) is 10.5 Å². The van der Waals surface area contributed by atoms with Crippen molar-refractivity contribution in [3.63, 3.8) is 0 Å². The van der Waals surface area contributed by atoms with Crippen molar-refractivity contribution in [1.82, 2.24) is 4.90 Å². The van der Waals surface area contributed by atoms with Gasteiger partial charge in [-0.1, -0.05) is 54.6 Å². The Balaban J connectivity index is 1.50. The zero-order valence-electron chi connectivity index (χ0n) is 18.0. The van der Waals surface area contributed by atoms with Crippen LogP contribution in [-0.4, -0.2) is 41.3 Å². The molecule has 0 bridgehead atoms. The number of anilines is 1. The van der Waals surface area contributed by atoms with Gasteiger partial charge in [0, 0.05) is 5.69 Å². The number of nitrogens with zero attached hydrogens (tertiary/aromatic N) is 2. The third-order valence-electron chi connectivity index (χ3n) is 5.93. The molecule has 2 atom stereocenters. The van der Waals surface area contributed by atoms with Gasteiger partial charge in [0.15, 0.2) is 0 Å². The molecular weight excluding hydrogens is 416 g/mol. The van der Waals surface area contributed by atoms with E-state index in [-0.39, 0.29) is 5.91 Å². The second-order valence-corrected chi connectivity index (χ2v) is 7.87. The minimum Gasteiger partial charge on any atom is -0.494 e. The molecule has 2 heterocycles. The molecule has 6 nitrogen and oxygen atoms in total. The lowest BCUT2D eigenvalue weighted by Crippen LogP contribution is -2.71. The molecule has 1 fully saturated rings. The molecule has 33 heavy (non-hydrogen) atoms. The fourth-order valence-electron chi connectivity index (χ4n) is 4.35. The summed E-state index contributed by atoms with van der Waals surface area (Å²) in [6.45, 7) is 2.45. The van der Waals surface area contributed by atoms with Crippen molar-refractivity contribution in [1.29, 1.82) is 0 Å². The first-order valence-corrected chi connectivity index (χ1v) is 10.9. The van der Waals surface area contributed by atoms with E-state index in [2.05, 4.69) is 0 Å². The molecular formula is C27H22N2O4. The van der Waals surface area contributed by atoms with E-state index in [9.17, 15) is 14.4 Å². The number of hydrogen-bond donors (Lipinski definition) is 0. The van der Waals surface area contributed by atoms with Gasteiger partial charge in [0.05, 0.1) is 23.8 Å². The van der Waals surface area contributed by atoms with Crippen molar-refractivity contribution in [2.45, 2.75) is 19.0 Å². The number of carbonyl (C=O) groups is 3. The fourth-order valence-corrected chi connectivity index (χ4v) is 4.35. The summed E-state index contributed by atoms with van der Waals surface area (Å²) in [6, 6.07) is 22.2. The summed E-state index contributed by atoms with van der Waals surface area (Å²) in [4.78, 5) is 42.2. The number of amides is 3. The maximum absolute atomic E-state index is 13.3. The maximum atomic E-state index is 13.3. The minimum absolute atomic E-state index is 0.295. The van der Waals surface area contributed by atoms with Crippen LogP contribution >= 0.6 is 0 Å². The molecule has 0 saturated carbocycles. The number of hydrogen-bond acceptors (Lipinski definition) is 4. The van der Waals surface area contributed by atoms with Gasteiger partial charge in [0.2, 0.25) is 0 Å². The highest BCUT2D eigenvalue weighted by molar-refractivity contribution is 6.24. The van der Waals surface area contributed by atoms with Crippen LogP contribution in [0.5, 0.6) is 5.75 Å². The first-order valence-electron chi connectivity index (χ1n) is 10.9. The molecule has 2 aliphatic rings. The van der Waals surface area contributed by atoms with Crippen molar-refractivity contribution in [2.24, 2.45) is 0 Å². The smallest absolute Gasteiger partial charge is 0.262 e. The van der Waals surface area contributed by atoms with Crippen LogP contribution in [0, 0.1) is 0 Å². The zero-order valence-corrected chi connectivity index (χ0v) is 18.0. The van der Waals surface area contributed by atoms with Gasteiger partial charge in [0.25, 0.3) is 17.7 Å². The van der Waals surface area contributed by atoms with Crippen LogP contribution in [0.15, 0.2) is 84.9 Å². The summed E-state index contributed by atoms with van der Waals surface area (Å²) < 4.78 is 5.50. The van der Waals surface area contributed by atoms with E-state index in [4.69, 9.17) is 4.74 Å². The van der Waals surface area contributed by atoms with Crippen molar-refractivity contribution < 1.29 is 19.1 Å². The van der Waals surface area contributed by atoms with Gasteiger partial charge >= 0.3 is 0 Å². The van der Waals surface area contributed by atoms with E-state index in [1.807, 2.05) is 61.5 Å². The number of fused-ring (bicyclic) bond motifs is 1. The molecule has 0 aliphatic carbocycles. The second kappa shape index (κ2) is 8.39. The van der Waals surface area contributed by atoms with Crippen LogP contribution in [0.4, 0.5) is 5.69 Å². The first-order chi connectivity index (χ1) is 16.1. The molecule has 0 radical (unpaired) electrons. The van der Waals surface area contributed by atoms with Crippen molar-refractivity contribution in [3.05, 3.63) is 102 Å². The number of rotatable bonds is 6. The van der Waals surface area contributed by atoms with Gasteiger partial charge in [-0.05, 0) is 48.9 Å². The van der Waals surface area contributed by atoms with Gasteiger partial charge in [0.1, 0.15) is 11.8 Å². The Kier molecular flexibility index (Phi) is 5.26. The highest BCUT2D eigenvalue weighted by atomic mass is 16.5. The lowest BCUT2D eigenvalue weighted by molar-refractivity contribution is -0.128. The third kappa shape index (κ3) is 3.49. The van der Waals surface area contributed by atoms with Crippen molar-refractivity contribution in [3.8, 4) is 5.75 Å². The Hall–Kier alpha value is -4.19. The molecule has 0 spiro atoms. The van der Waals surface area contributed by atoms with Crippen LogP contribution in [-0.2, 0) is 4.79 Å². The average molecular weight is 438 g/mol. The standard InChI is InChI=1S/C27H22N2O4/c1-2-33-20-15-13-19(14-16-20)28-23(17-12-18-8-4-3-5-9-18)24(27(28)32)29-25(30)21-10-6-7-11-22(21)26(29)31/h3-17,23-24H,2H2,1H3/b17-12+/t23-,24+/m0/s1. The summed E-state index contributed by atoms with van der Waals surface area (Å²) in [6.07, 6.45) is 3.78. The summed E-state index contributed by atoms with van der Waals surface area (Å²) >= 11 is 0. The number of ether oxygens (including phenoxy) is 1. The zero-order chi connectivity index (χ0) is 22.9. The topological polar surface area (TPSA) is 66.9 Å². The Morgan fingerprint density at radius 2 is 1.39 bits per heavy atom. The molecule has 3 aromatic rings. The van der Waals surface area contributed by atoms with Crippen LogP contribution in [0.3, 0.4) is 0 Å². The lowest BCUT2D eigenvalue weighted by Gasteiger charge is -2.48. The maximum Gasteiger partial charge on any atom is 0.262 e. The van der Waals surface area contributed by atoms with E-state index < -0.39 is 23.9 Å². The SMILES string of the molecule is CCOc1ccc(N2C(=O)[C@H](N3C(=O)c4ccccc4C3=O)[C@@H]2/C=C/c2ccccc2)cc1. The van der Waals surface area contributed by atoms with Crippen LogP contribution in [0.1, 0.15) is 33.2 Å². The summed E-state index contributed by atoms with van der Waals surface area (Å²) in [7, 11) is 0. The summed E-state index contributed by atoms with van der Waals surface area (Å²) in [5.74, 6) is -0.448. The third-order valence-corrected chi connectivity index (χ3v) is 5.93. The highest BCUT2D eigenvalue weighted by Gasteiger charge is 2.55. The summed E-state index contributed by atoms with van der Waals surface area (Å²) in [5.41, 5.74) is 2.31. The molecule has 0 unspecified atom stereocenters. The van der Waals surface area contributed by atoms with Crippen molar-refractivity contribution in [2.75, 3.05) is 11.5 Å². The molecule has 1 saturated heterocycles. The molecule has 3 aromatic carbocycles. The molecule has 0 N–H and O–H groups in total. The Labute approximate surface area is 191 Å². The van der Waals surface area contributed by atoms with Crippen LogP contribution in [0.2, 0.25) is 0 Å². The van der Waals surface area contributed by atoms with Gasteiger partial charge in [-0.15, -0.1) is 0 Å². The number of carbonyl (C=O) groups excluding carboxylic acids is 3. The predicted molar refractivity (Wildman–Crippen MR) is 125 cm³/mol. The van der Waals surface area contributed by atoms with Gasteiger partial charge in [-0.25, -0.2) is 0 Å². The number of imide groups is 1. The Bertz CT molecular complexity index is 1220. The summed E-state index contributed by atoms with van der Waals surface area (Å²) in [5, 5.41) is 0. The molecule has 5 rings (SSSR count).